The van der Waals surface area contributed by atoms with E-state index >= 15 is 0 Å². The molecule has 18 heteroatoms. The highest BCUT2D eigenvalue weighted by Crippen LogP contribution is 2.13. The second-order valence-corrected chi connectivity index (χ2v) is 12.3. The normalized spacial score (nSPS) is 14.5. The predicted molar refractivity (Wildman–Crippen MR) is 182 cm³/mol. The van der Waals surface area contributed by atoms with Crippen molar-refractivity contribution >= 4 is 47.3 Å². The van der Waals surface area contributed by atoms with E-state index in [-0.39, 0.29) is 24.3 Å². The Labute approximate surface area is 292 Å². The number of rotatable bonds is 20. The maximum absolute atomic E-state index is 13.5. The van der Waals surface area contributed by atoms with Crippen molar-refractivity contribution in [3.8, 4) is 11.5 Å². The number of amides is 5. The highest BCUT2D eigenvalue weighted by Gasteiger charge is 2.33. The second kappa shape index (κ2) is 20.6. The number of phenols is 2. The number of phenolic OH excluding ortho intramolecular Hbond substituents is 2. The minimum Gasteiger partial charge on any atom is -0.508 e. The topological polar surface area (TPSA) is 290 Å². The maximum atomic E-state index is 13.5. The number of carbonyl (C=O) groups is 6. The molecule has 5 amide bonds. The third-order valence-corrected chi connectivity index (χ3v) is 7.93. The lowest BCUT2D eigenvalue weighted by Gasteiger charge is -2.27. The number of nitrogens with two attached hydrogens (primary N) is 1. The number of benzene rings is 2. The zero-order chi connectivity index (χ0) is 37.4. The number of hydrogen-bond donors (Lipinski definition) is 11. The standard InChI is InChI=1S/C32H44N6O11S/c1-17(40)27(31(47)37-25(16-39)30(46)36-24(32(48)49)14-19-5-9-21(42)10-6-19)38-29(45)23(13-18-3-7-20(41)8-4-18)35-26(43)15-34-28(44)22(33)11-12-50-2/h3-10,17,22-25,27,39-42H,11-16,33H2,1-2H3,(H,34,44)(H,35,43)(H,36,46)(H,37,47)(H,38,45)(H,48,49)/t17-,22+,23+,24+,25+,27+/m1/s1. The summed E-state index contributed by atoms with van der Waals surface area (Å²) in [6, 6.07) is 4.16. The molecule has 0 aliphatic heterocycles. The van der Waals surface area contributed by atoms with Crippen LogP contribution >= 0.6 is 11.8 Å². The lowest BCUT2D eigenvalue weighted by atomic mass is 10.0. The van der Waals surface area contributed by atoms with Gasteiger partial charge in [-0.05, 0) is 60.7 Å². The summed E-state index contributed by atoms with van der Waals surface area (Å²) in [5.74, 6) is -5.37. The van der Waals surface area contributed by atoms with Crippen LogP contribution in [0.25, 0.3) is 0 Å². The van der Waals surface area contributed by atoms with Gasteiger partial charge in [0.2, 0.25) is 29.5 Å². The van der Waals surface area contributed by atoms with Gasteiger partial charge in [0.1, 0.15) is 35.7 Å². The molecule has 0 spiro atoms. The fourth-order valence-corrected chi connectivity index (χ4v) is 4.94. The monoisotopic (exact) mass is 720 g/mol. The summed E-state index contributed by atoms with van der Waals surface area (Å²) in [4.78, 5) is 76.4. The average Bonchev–Trinajstić information content (AvgIpc) is 3.07. The Balaban J connectivity index is 2.15. The van der Waals surface area contributed by atoms with Crippen molar-refractivity contribution in [2.75, 3.05) is 25.2 Å². The first-order valence-corrected chi connectivity index (χ1v) is 16.8. The van der Waals surface area contributed by atoms with Gasteiger partial charge < -0.3 is 57.9 Å². The van der Waals surface area contributed by atoms with Crippen LogP contribution in [0, 0.1) is 0 Å². The Morgan fingerprint density at radius 1 is 0.740 bits per heavy atom. The molecule has 274 valence electrons. The predicted octanol–water partition coefficient (Wildman–Crippen LogP) is -2.52. The number of carboxylic acid groups (broad SMARTS) is 1. The Kier molecular flexibility index (Phi) is 17.0. The Bertz CT molecular complexity index is 1460. The van der Waals surface area contributed by atoms with Crippen LogP contribution in [0.4, 0.5) is 0 Å². The highest BCUT2D eigenvalue weighted by molar-refractivity contribution is 7.98. The zero-order valence-electron chi connectivity index (χ0n) is 27.5. The second-order valence-electron chi connectivity index (χ2n) is 11.3. The summed E-state index contributed by atoms with van der Waals surface area (Å²) in [6.07, 6.45) is 0.329. The summed E-state index contributed by atoms with van der Waals surface area (Å²) in [5, 5.41) is 60.5. The van der Waals surface area contributed by atoms with E-state index in [0.717, 1.165) is 0 Å². The number of thioether (sulfide) groups is 1. The van der Waals surface area contributed by atoms with Crippen LogP contribution in [0.3, 0.4) is 0 Å². The summed E-state index contributed by atoms with van der Waals surface area (Å²) in [5.41, 5.74) is 6.77. The molecule has 17 nitrogen and oxygen atoms in total. The quantitative estimate of drug-likeness (QED) is 0.0674. The van der Waals surface area contributed by atoms with E-state index < -0.39 is 85.0 Å². The molecule has 0 fully saturated rings. The SMILES string of the molecule is CSCC[C@H](N)C(=O)NCC(=O)N[C@@H](Cc1ccc(O)cc1)C(=O)N[C@H](C(=O)N[C@@H](CO)C(=O)N[C@@H](Cc1ccc(O)cc1)C(=O)O)[C@@H](C)O. The average molecular weight is 721 g/mol. The summed E-state index contributed by atoms with van der Waals surface area (Å²) in [7, 11) is 0. The van der Waals surface area contributed by atoms with Gasteiger partial charge in [-0.25, -0.2) is 4.79 Å². The molecule has 0 bridgehead atoms. The summed E-state index contributed by atoms with van der Waals surface area (Å²) >= 11 is 1.50. The minimum atomic E-state index is -1.72. The first-order valence-electron chi connectivity index (χ1n) is 15.4. The van der Waals surface area contributed by atoms with E-state index in [4.69, 9.17) is 5.73 Å². The summed E-state index contributed by atoms with van der Waals surface area (Å²) in [6.45, 7) is -0.335. The van der Waals surface area contributed by atoms with Crippen LogP contribution in [0.2, 0.25) is 0 Å². The molecule has 0 radical (unpaired) electrons. The molecule has 0 heterocycles. The van der Waals surface area contributed by atoms with E-state index in [0.29, 0.717) is 23.3 Å². The van der Waals surface area contributed by atoms with Crippen molar-refractivity contribution in [1.82, 2.24) is 26.6 Å². The molecule has 0 aliphatic carbocycles. The first-order chi connectivity index (χ1) is 23.6. The smallest absolute Gasteiger partial charge is 0.326 e. The van der Waals surface area contributed by atoms with Crippen molar-refractivity contribution in [2.24, 2.45) is 5.73 Å². The van der Waals surface area contributed by atoms with Crippen LogP contribution < -0.4 is 32.3 Å². The third kappa shape index (κ3) is 13.9. The van der Waals surface area contributed by atoms with Gasteiger partial charge in [0, 0.05) is 12.8 Å². The molecule has 2 aromatic carbocycles. The maximum Gasteiger partial charge on any atom is 0.326 e. The van der Waals surface area contributed by atoms with Gasteiger partial charge in [0.15, 0.2) is 0 Å². The van der Waals surface area contributed by atoms with Crippen LogP contribution in [-0.2, 0) is 41.6 Å². The number of aliphatic hydroxyl groups is 2. The van der Waals surface area contributed by atoms with E-state index in [1.54, 1.807) is 0 Å². The molecule has 50 heavy (non-hydrogen) atoms. The van der Waals surface area contributed by atoms with Gasteiger partial charge in [-0.1, -0.05) is 24.3 Å². The lowest BCUT2D eigenvalue weighted by molar-refractivity contribution is -0.142. The fourth-order valence-electron chi connectivity index (χ4n) is 4.45. The van der Waals surface area contributed by atoms with Crippen molar-refractivity contribution in [3.63, 3.8) is 0 Å². The lowest BCUT2D eigenvalue weighted by Crippen LogP contribution is -2.61. The van der Waals surface area contributed by atoms with Crippen molar-refractivity contribution < 1.29 is 54.3 Å². The number of hydrogen-bond acceptors (Lipinski definition) is 12. The molecule has 0 aromatic heterocycles. The molecule has 2 rings (SSSR count). The molecule has 0 saturated heterocycles. The molecule has 0 unspecified atom stereocenters. The van der Waals surface area contributed by atoms with Crippen molar-refractivity contribution in [1.29, 1.82) is 0 Å². The molecule has 0 saturated carbocycles. The molecule has 6 atom stereocenters. The van der Waals surface area contributed by atoms with Gasteiger partial charge in [-0.3, -0.25) is 24.0 Å². The number of aliphatic hydroxyl groups excluding tert-OH is 2. The van der Waals surface area contributed by atoms with Crippen LogP contribution in [0.15, 0.2) is 48.5 Å². The van der Waals surface area contributed by atoms with E-state index in [1.165, 1.54) is 67.2 Å². The van der Waals surface area contributed by atoms with Crippen molar-refractivity contribution in [2.45, 2.75) is 62.5 Å². The summed E-state index contributed by atoms with van der Waals surface area (Å²) < 4.78 is 0. The fraction of sp³-hybridized carbons (Fsp3) is 0.438. The Morgan fingerprint density at radius 2 is 1.24 bits per heavy atom. The molecular formula is C32H44N6O11S. The number of nitrogens with one attached hydrogen (secondary N) is 5. The van der Waals surface area contributed by atoms with Crippen LogP contribution in [0.5, 0.6) is 11.5 Å². The molecule has 0 aliphatic rings. The minimum absolute atomic E-state index is 0.0484. The van der Waals surface area contributed by atoms with Gasteiger partial charge in [-0.2, -0.15) is 11.8 Å². The molecule has 2 aromatic rings. The highest BCUT2D eigenvalue weighted by atomic mass is 32.2. The van der Waals surface area contributed by atoms with E-state index in [1.807, 2.05) is 6.26 Å². The molecular weight excluding hydrogens is 676 g/mol. The number of aliphatic carboxylic acids is 1. The number of aromatic hydroxyl groups is 2. The van der Waals surface area contributed by atoms with Gasteiger partial charge in [-0.15, -0.1) is 0 Å². The third-order valence-electron chi connectivity index (χ3n) is 7.29. The van der Waals surface area contributed by atoms with Crippen molar-refractivity contribution in [3.05, 3.63) is 59.7 Å². The van der Waals surface area contributed by atoms with Crippen LogP contribution in [-0.4, -0.2) is 123 Å². The first kappa shape index (κ1) is 41.3. The Morgan fingerprint density at radius 3 is 1.72 bits per heavy atom. The largest absolute Gasteiger partial charge is 0.508 e. The molecule has 12 N–H and O–H groups in total. The van der Waals surface area contributed by atoms with Gasteiger partial charge in [0.05, 0.1) is 25.3 Å². The zero-order valence-corrected chi connectivity index (χ0v) is 28.3. The van der Waals surface area contributed by atoms with E-state index in [2.05, 4.69) is 26.6 Å². The van der Waals surface area contributed by atoms with E-state index in [9.17, 15) is 54.3 Å². The van der Waals surface area contributed by atoms with Gasteiger partial charge >= 0.3 is 5.97 Å². The van der Waals surface area contributed by atoms with Crippen LogP contribution in [0.1, 0.15) is 24.5 Å². The number of carbonyl (C=O) groups excluding carboxylic acids is 5. The van der Waals surface area contributed by atoms with Gasteiger partial charge in [0.25, 0.3) is 0 Å². The number of carboxylic acids is 1. The Hall–Kier alpha value is -4.91.